The zero-order valence-electron chi connectivity index (χ0n) is 8.83. The molecule has 0 saturated heterocycles. The van der Waals surface area contributed by atoms with Crippen LogP contribution in [0.3, 0.4) is 0 Å². The number of methoxy groups -OCH3 is 1. The SMILES string of the molecule is C=O.COCN(CO)c1nc(N)nc(N)n1. The molecule has 0 unspecified atom stereocenters. The molecule has 0 spiro atoms. The molecule has 0 aliphatic rings. The highest BCUT2D eigenvalue weighted by Gasteiger charge is 2.09. The highest BCUT2D eigenvalue weighted by atomic mass is 16.5. The summed E-state index contributed by atoms with van der Waals surface area (Å²) >= 11 is 0. The summed E-state index contributed by atoms with van der Waals surface area (Å²) in [5.74, 6) is 0.184. The van der Waals surface area contributed by atoms with Crippen molar-refractivity contribution in [2.24, 2.45) is 0 Å². The molecule has 0 atom stereocenters. The average molecular weight is 230 g/mol. The molecule has 0 radical (unpaired) electrons. The summed E-state index contributed by atoms with van der Waals surface area (Å²) < 4.78 is 4.81. The Kier molecular flexibility index (Phi) is 6.40. The Balaban J connectivity index is 0.00000106. The lowest BCUT2D eigenvalue weighted by Crippen LogP contribution is -2.29. The monoisotopic (exact) mass is 230 g/mol. The van der Waals surface area contributed by atoms with Gasteiger partial charge < -0.3 is 26.1 Å². The zero-order valence-corrected chi connectivity index (χ0v) is 8.83. The van der Waals surface area contributed by atoms with E-state index in [1.165, 1.54) is 12.0 Å². The van der Waals surface area contributed by atoms with E-state index in [2.05, 4.69) is 15.0 Å². The lowest BCUT2D eigenvalue weighted by molar-refractivity contribution is -0.0979. The van der Waals surface area contributed by atoms with Crippen molar-refractivity contribution in [2.45, 2.75) is 0 Å². The molecule has 5 N–H and O–H groups in total. The van der Waals surface area contributed by atoms with E-state index in [0.717, 1.165) is 0 Å². The molecule has 0 bridgehead atoms. The molecule has 90 valence electrons. The molecule has 0 aliphatic heterocycles. The minimum absolute atomic E-state index is 0.00190. The Bertz CT molecular complexity index is 303. The summed E-state index contributed by atoms with van der Waals surface area (Å²) in [4.78, 5) is 20.5. The van der Waals surface area contributed by atoms with Crippen molar-refractivity contribution in [3.8, 4) is 0 Å². The van der Waals surface area contributed by atoms with E-state index in [-0.39, 0.29) is 31.3 Å². The zero-order chi connectivity index (χ0) is 12.6. The molecular weight excluding hydrogens is 216 g/mol. The van der Waals surface area contributed by atoms with Crippen molar-refractivity contribution in [1.82, 2.24) is 15.0 Å². The molecule has 0 amide bonds. The second-order valence-corrected chi connectivity index (χ2v) is 2.45. The van der Waals surface area contributed by atoms with E-state index < -0.39 is 0 Å². The van der Waals surface area contributed by atoms with Crippen LogP contribution in [0.15, 0.2) is 0 Å². The number of ether oxygens (including phenoxy) is 1. The van der Waals surface area contributed by atoms with E-state index in [1.54, 1.807) is 0 Å². The first-order chi connectivity index (χ1) is 7.67. The summed E-state index contributed by atoms with van der Waals surface area (Å²) in [7, 11) is 1.48. The fraction of sp³-hybridized carbons (Fsp3) is 0.429. The molecule has 9 nitrogen and oxygen atoms in total. The predicted octanol–water partition coefficient (Wildman–Crippen LogP) is -1.79. The molecule has 1 aromatic rings. The summed E-state index contributed by atoms with van der Waals surface area (Å²) in [6, 6.07) is 0. The molecule has 0 saturated carbocycles. The van der Waals surface area contributed by atoms with Gasteiger partial charge in [-0.3, -0.25) is 4.90 Å². The smallest absolute Gasteiger partial charge is 0.235 e. The fourth-order valence-corrected chi connectivity index (χ4v) is 0.856. The standard InChI is InChI=1S/C6H12N6O2.CH2O/c1-14-3-12(2-13)6-10-4(7)9-5(8)11-6;1-2/h13H,2-3H2,1H3,(H4,7,8,9,10,11);1H2. The minimum Gasteiger partial charge on any atom is -0.376 e. The van der Waals surface area contributed by atoms with Gasteiger partial charge in [-0.05, 0) is 0 Å². The van der Waals surface area contributed by atoms with Gasteiger partial charge in [-0.2, -0.15) is 15.0 Å². The summed E-state index contributed by atoms with van der Waals surface area (Å²) in [6.07, 6.45) is 0. The summed E-state index contributed by atoms with van der Waals surface area (Å²) in [5, 5.41) is 8.96. The Labute approximate surface area is 92.1 Å². The predicted molar refractivity (Wildman–Crippen MR) is 57.2 cm³/mol. The molecule has 9 heteroatoms. The number of aliphatic hydroxyl groups excluding tert-OH is 1. The van der Waals surface area contributed by atoms with Gasteiger partial charge in [0, 0.05) is 7.11 Å². The van der Waals surface area contributed by atoms with Crippen LogP contribution in [0.5, 0.6) is 0 Å². The van der Waals surface area contributed by atoms with Gasteiger partial charge in [0.15, 0.2) is 0 Å². The van der Waals surface area contributed by atoms with E-state index >= 15 is 0 Å². The van der Waals surface area contributed by atoms with E-state index in [9.17, 15) is 0 Å². The maximum atomic E-state index is 8.96. The van der Waals surface area contributed by atoms with Gasteiger partial charge in [0.25, 0.3) is 0 Å². The van der Waals surface area contributed by atoms with Gasteiger partial charge in [0.05, 0.1) is 0 Å². The van der Waals surface area contributed by atoms with E-state index in [4.69, 9.17) is 26.1 Å². The quantitative estimate of drug-likeness (QED) is 0.511. The number of aromatic nitrogens is 3. The third kappa shape index (κ3) is 4.02. The van der Waals surface area contributed by atoms with Gasteiger partial charge in [-0.1, -0.05) is 0 Å². The highest BCUT2D eigenvalue weighted by molar-refractivity contribution is 5.38. The van der Waals surface area contributed by atoms with Crippen LogP contribution in [0.4, 0.5) is 17.8 Å². The Morgan fingerprint density at radius 3 is 2.19 bits per heavy atom. The number of aliphatic hydroxyl groups is 1. The number of rotatable bonds is 4. The maximum Gasteiger partial charge on any atom is 0.235 e. The largest absolute Gasteiger partial charge is 0.376 e. The fourth-order valence-electron chi connectivity index (χ4n) is 0.856. The van der Waals surface area contributed by atoms with Gasteiger partial charge in [0.2, 0.25) is 17.8 Å². The summed E-state index contributed by atoms with van der Waals surface area (Å²) in [6.45, 7) is 1.84. The van der Waals surface area contributed by atoms with Gasteiger partial charge >= 0.3 is 0 Å². The van der Waals surface area contributed by atoms with Crippen LogP contribution in [0, 0.1) is 0 Å². The summed E-state index contributed by atoms with van der Waals surface area (Å²) in [5.41, 5.74) is 10.7. The van der Waals surface area contributed by atoms with Crippen molar-refractivity contribution in [3.05, 3.63) is 0 Å². The first-order valence-corrected chi connectivity index (χ1v) is 4.08. The topological polar surface area (TPSA) is 140 Å². The van der Waals surface area contributed by atoms with Crippen molar-refractivity contribution in [1.29, 1.82) is 0 Å². The number of carbonyl (C=O) groups is 1. The Hall–Kier alpha value is -2.00. The molecule has 0 aliphatic carbocycles. The van der Waals surface area contributed by atoms with Crippen molar-refractivity contribution < 1.29 is 14.6 Å². The molecule has 16 heavy (non-hydrogen) atoms. The number of nitrogens with zero attached hydrogens (tertiary/aromatic N) is 4. The number of hydrogen-bond donors (Lipinski definition) is 3. The lowest BCUT2D eigenvalue weighted by Gasteiger charge is -2.18. The number of anilines is 3. The third-order valence-corrected chi connectivity index (χ3v) is 1.40. The van der Waals surface area contributed by atoms with Crippen LogP contribution in [0.1, 0.15) is 0 Å². The van der Waals surface area contributed by atoms with E-state index in [0.29, 0.717) is 0 Å². The number of hydrogen-bond acceptors (Lipinski definition) is 9. The maximum absolute atomic E-state index is 8.96. The van der Waals surface area contributed by atoms with Crippen molar-refractivity contribution >= 4 is 24.6 Å². The van der Waals surface area contributed by atoms with Gasteiger partial charge in [-0.15, -0.1) is 0 Å². The van der Waals surface area contributed by atoms with Crippen LogP contribution in [-0.2, 0) is 9.53 Å². The molecule has 1 heterocycles. The normalized spacial score (nSPS) is 9.12. The Morgan fingerprint density at radius 2 is 1.81 bits per heavy atom. The second kappa shape index (κ2) is 7.31. The Morgan fingerprint density at radius 1 is 1.31 bits per heavy atom. The number of nitrogens with two attached hydrogens (primary N) is 2. The molecule has 0 aromatic carbocycles. The molecule has 1 aromatic heterocycles. The van der Waals surface area contributed by atoms with Gasteiger partial charge in [-0.25, -0.2) is 0 Å². The van der Waals surface area contributed by atoms with Gasteiger partial charge in [0.1, 0.15) is 20.3 Å². The van der Waals surface area contributed by atoms with Crippen molar-refractivity contribution in [3.63, 3.8) is 0 Å². The number of nitrogen functional groups attached to an aromatic ring is 2. The second-order valence-electron chi connectivity index (χ2n) is 2.45. The van der Waals surface area contributed by atoms with Crippen molar-refractivity contribution in [2.75, 3.05) is 36.9 Å². The first kappa shape index (κ1) is 14.0. The first-order valence-electron chi connectivity index (χ1n) is 4.08. The highest BCUT2D eigenvalue weighted by Crippen LogP contribution is 2.08. The van der Waals surface area contributed by atoms with Crippen LogP contribution in [0.25, 0.3) is 0 Å². The van der Waals surface area contributed by atoms with Crippen LogP contribution >= 0.6 is 0 Å². The van der Waals surface area contributed by atoms with E-state index in [1.807, 2.05) is 6.79 Å². The van der Waals surface area contributed by atoms with Crippen LogP contribution in [-0.4, -0.2) is 47.4 Å². The van der Waals surface area contributed by atoms with Crippen LogP contribution < -0.4 is 16.4 Å². The molecule has 0 fully saturated rings. The average Bonchev–Trinajstić information content (AvgIpc) is 2.27. The van der Waals surface area contributed by atoms with Crippen LogP contribution in [0.2, 0.25) is 0 Å². The molecular formula is C7H14N6O3. The third-order valence-electron chi connectivity index (χ3n) is 1.40. The molecule has 1 rings (SSSR count). The number of carbonyl (C=O) groups excluding carboxylic acids is 1. The minimum atomic E-state index is -0.295. The lowest BCUT2D eigenvalue weighted by atomic mass is 10.7.